The number of piperidine rings is 1. The number of anilines is 1. The van der Waals surface area contributed by atoms with E-state index in [4.69, 9.17) is 0 Å². The number of rotatable bonds is 10. The van der Waals surface area contributed by atoms with E-state index in [0.717, 1.165) is 31.0 Å². The Balaban J connectivity index is 1.70. The zero-order chi connectivity index (χ0) is 20.6. The van der Waals surface area contributed by atoms with Crippen molar-refractivity contribution in [2.45, 2.75) is 46.0 Å². The molecule has 7 heteroatoms. The second-order valence-corrected chi connectivity index (χ2v) is 9.88. The van der Waals surface area contributed by atoms with Gasteiger partial charge >= 0.3 is 0 Å². The number of benzene rings is 1. The van der Waals surface area contributed by atoms with Crippen LogP contribution >= 0.6 is 0 Å². The van der Waals surface area contributed by atoms with Crippen LogP contribution in [0, 0.1) is 12.8 Å². The number of aryl methyl sites for hydroxylation is 1. The maximum absolute atomic E-state index is 12.2. The fourth-order valence-corrected chi connectivity index (χ4v) is 4.82. The SMILES string of the molecule is Cc1ccccc1N(CCCC(=O)NCCCN1CCC[C@H](C)C1)S(C)(=O)=O. The summed E-state index contributed by atoms with van der Waals surface area (Å²) in [6, 6.07) is 7.41. The van der Waals surface area contributed by atoms with E-state index in [1.807, 2.05) is 25.1 Å². The molecule has 2 rings (SSSR count). The number of hydrogen-bond donors (Lipinski definition) is 1. The number of para-hydroxylation sites is 1. The van der Waals surface area contributed by atoms with E-state index in [9.17, 15) is 13.2 Å². The second-order valence-electron chi connectivity index (χ2n) is 7.98. The van der Waals surface area contributed by atoms with Crippen LogP contribution in [0.3, 0.4) is 0 Å². The molecule has 1 N–H and O–H groups in total. The van der Waals surface area contributed by atoms with E-state index >= 15 is 0 Å². The second kappa shape index (κ2) is 10.8. The maximum atomic E-state index is 12.2. The molecule has 28 heavy (non-hydrogen) atoms. The quantitative estimate of drug-likeness (QED) is 0.603. The Labute approximate surface area is 170 Å². The Kier molecular flexibility index (Phi) is 8.76. The standard InChI is InChI=1S/C21H35N3O3S/c1-18-9-6-14-23(17-18)15-8-13-22-21(25)12-7-16-24(28(3,26)27)20-11-5-4-10-19(20)2/h4-5,10-11,18H,6-9,12-17H2,1-3H3,(H,22,25)/t18-/m0/s1. The Hall–Kier alpha value is -1.60. The van der Waals surface area contributed by atoms with Crippen molar-refractivity contribution in [1.29, 1.82) is 0 Å². The molecule has 1 saturated heterocycles. The lowest BCUT2D eigenvalue weighted by Gasteiger charge is -2.30. The number of sulfonamides is 1. The molecule has 1 aromatic rings. The molecule has 1 fully saturated rings. The summed E-state index contributed by atoms with van der Waals surface area (Å²) in [5, 5.41) is 2.96. The Morgan fingerprint density at radius 3 is 2.71 bits per heavy atom. The molecule has 6 nitrogen and oxygen atoms in total. The summed E-state index contributed by atoms with van der Waals surface area (Å²) < 4.78 is 25.7. The lowest BCUT2D eigenvalue weighted by molar-refractivity contribution is -0.121. The average molecular weight is 410 g/mol. The minimum absolute atomic E-state index is 0.00903. The van der Waals surface area contributed by atoms with Crippen LogP contribution < -0.4 is 9.62 Å². The van der Waals surface area contributed by atoms with Crippen LogP contribution in [-0.2, 0) is 14.8 Å². The van der Waals surface area contributed by atoms with Gasteiger partial charge in [-0.1, -0.05) is 25.1 Å². The van der Waals surface area contributed by atoms with Gasteiger partial charge in [0.15, 0.2) is 0 Å². The van der Waals surface area contributed by atoms with Crippen molar-refractivity contribution in [3.05, 3.63) is 29.8 Å². The fraction of sp³-hybridized carbons (Fsp3) is 0.667. The van der Waals surface area contributed by atoms with E-state index < -0.39 is 10.0 Å². The van der Waals surface area contributed by atoms with Gasteiger partial charge in [-0.2, -0.15) is 0 Å². The van der Waals surface area contributed by atoms with Crippen molar-refractivity contribution in [1.82, 2.24) is 10.2 Å². The molecule has 0 spiro atoms. The third-order valence-electron chi connectivity index (χ3n) is 5.26. The van der Waals surface area contributed by atoms with Crippen LogP contribution in [0.1, 0.15) is 44.6 Å². The zero-order valence-electron chi connectivity index (χ0n) is 17.5. The van der Waals surface area contributed by atoms with E-state index in [1.165, 1.54) is 29.9 Å². The van der Waals surface area contributed by atoms with Crippen LogP contribution in [0.5, 0.6) is 0 Å². The highest BCUT2D eigenvalue weighted by Gasteiger charge is 2.19. The van der Waals surface area contributed by atoms with Gasteiger partial charge in [-0.05, 0) is 63.2 Å². The molecule has 158 valence electrons. The highest BCUT2D eigenvalue weighted by atomic mass is 32.2. The van der Waals surface area contributed by atoms with Crippen molar-refractivity contribution in [3.63, 3.8) is 0 Å². The molecular formula is C21H35N3O3S. The number of carbonyl (C=O) groups is 1. The Morgan fingerprint density at radius 2 is 2.04 bits per heavy atom. The monoisotopic (exact) mass is 409 g/mol. The third-order valence-corrected chi connectivity index (χ3v) is 6.44. The van der Waals surface area contributed by atoms with Crippen molar-refractivity contribution in [2.75, 3.05) is 43.3 Å². The summed E-state index contributed by atoms with van der Waals surface area (Å²) in [6.07, 6.45) is 5.58. The first-order chi connectivity index (χ1) is 13.3. The first-order valence-corrected chi connectivity index (χ1v) is 12.1. The van der Waals surface area contributed by atoms with Gasteiger partial charge in [0.25, 0.3) is 0 Å². The van der Waals surface area contributed by atoms with Gasteiger partial charge in [0.1, 0.15) is 0 Å². The highest BCUT2D eigenvalue weighted by Crippen LogP contribution is 2.22. The molecule has 0 bridgehead atoms. The third kappa shape index (κ3) is 7.43. The molecule has 1 aliphatic heterocycles. The van der Waals surface area contributed by atoms with Gasteiger partial charge in [-0.15, -0.1) is 0 Å². The first-order valence-electron chi connectivity index (χ1n) is 10.3. The highest BCUT2D eigenvalue weighted by molar-refractivity contribution is 7.92. The number of nitrogens with zero attached hydrogens (tertiary/aromatic N) is 2. The van der Waals surface area contributed by atoms with Crippen molar-refractivity contribution in [3.8, 4) is 0 Å². The summed E-state index contributed by atoms with van der Waals surface area (Å²) in [5.41, 5.74) is 1.59. The fourth-order valence-electron chi connectivity index (χ4n) is 3.80. The van der Waals surface area contributed by atoms with Gasteiger partial charge in [0.2, 0.25) is 15.9 Å². The lowest BCUT2D eigenvalue weighted by Crippen LogP contribution is -2.36. The maximum Gasteiger partial charge on any atom is 0.232 e. The van der Waals surface area contributed by atoms with Crippen LogP contribution in [0.4, 0.5) is 5.69 Å². The molecule has 0 unspecified atom stereocenters. The van der Waals surface area contributed by atoms with Crippen molar-refractivity contribution < 1.29 is 13.2 Å². The minimum Gasteiger partial charge on any atom is -0.356 e. The summed E-state index contributed by atoms with van der Waals surface area (Å²) in [5.74, 6) is 0.764. The number of hydrogen-bond acceptors (Lipinski definition) is 4. The first kappa shape index (κ1) is 22.7. The van der Waals surface area contributed by atoms with Crippen LogP contribution in [0.2, 0.25) is 0 Å². The van der Waals surface area contributed by atoms with Crippen molar-refractivity contribution in [2.24, 2.45) is 5.92 Å². The van der Waals surface area contributed by atoms with Gasteiger partial charge in [-0.25, -0.2) is 8.42 Å². The number of amides is 1. The topological polar surface area (TPSA) is 69.7 Å². The van der Waals surface area contributed by atoms with Gasteiger partial charge in [0.05, 0.1) is 11.9 Å². The normalized spacial score (nSPS) is 18.0. The molecule has 1 atom stereocenters. The summed E-state index contributed by atoms with van der Waals surface area (Å²) in [6.45, 7) is 8.53. The average Bonchev–Trinajstić information content (AvgIpc) is 2.62. The van der Waals surface area contributed by atoms with E-state index in [-0.39, 0.29) is 5.91 Å². The summed E-state index contributed by atoms with van der Waals surface area (Å²) >= 11 is 0. The molecule has 1 amide bonds. The molecule has 0 radical (unpaired) electrons. The van der Waals surface area contributed by atoms with E-state index in [0.29, 0.717) is 31.6 Å². The van der Waals surface area contributed by atoms with Crippen LogP contribution in [-0.4, -0.2) is 58.2 Å². The number of nitrogens with one attached hydrogen (secondary N) is 1. The van der Waals surface area contributed by atoms with Gasteiger partial charge < -0.3 is 10.2 Å². The van der Waals surface area contributed by atoms with Crippen LogP contribution in [0.15, 0.2) is 24.3 Å². The predicted molar refractivity (Wildman–Crippen MR) is 115 cm³/mol. The predicted octanol–water partition coefficient (Wildman–Crippen LogP) is 2.78. The summed E-state index contributed by atoms with van der Waals surface area (Å²) in [7, 11) is -3.38. The van der Waals surface area contributed by atoms with Crippen LogP contribution in [0.25, 0.3) is 0 Å². The minimum atomic E-state index is -3.38. The lowest BCUT2D eigenvalue weighted by atomic mass is 10.0. The Morgan fingerprint density at radius 1 is 1.29 bits per heavy atom. The molecule has 0 aromatic heterocycles. The van der Waals surface area contributed by atoms with E-state index in [1.54, 1.807) is 6.07 Å². The Bertz CT molecular complexity index is 736. The van der Waals surface area contributed by atoms with Crippen molar-refractivity contribution >= 4 is 21.6 Å². The molecule has 1 heterocycles. The van der Waals surface area contributed by atoms with Gasteiger partial charge in [-0.3, -0.25) is 9.10 Å². The van der Waals surface area contributed by atoms with E-state index in [2.05, 4.69) is 17.1 Å². The molecule has 0 aliphatic carbocycles. The molecule has 1 aromatic carbocycles. The molecular weight excluding hydrogens is 374 g/mol. The molecule has 1 aliphatic rings. The number of carbonyl (C=O) groups excluding carboxylic acids is 1. The smallest absolute Gasteiger partial charge is 0.232 e. The summed E-state index contributed by atoms with van der Waals surface area (Å²) in [4.78, 5) is 14.6. The number of likely N-dealkylation sites (tertiary alicyclic amines) is 1. The largest absolute Gasteiger partial charge is 0.356 e. The molecule has 0 saturated carbocycles. The zero-order valence-corrected chi connectivity index (χ0v) is 18.3. The van der Waals surface area contributed by atoms with Gasteiger partial charge in [0, 0.05) is 26.1 Å².